The first-order valence-electron chi connectivity index (χ1n) is 5.49. The first kappa shape index (κ1) is 14.2. The van der Waals surface area contributed by atoms with Crippen LogP contribution in [0.25, 0.3) is 0 Å². The van der Waals surface area contributed by atoms with Gasteiger partial charge in [0.25, 0.3) is 0 Å². The molecule has 0 aliphatic rings. The summed E-state index contributed by atoms with van der Waals surface area (Å²) >= 11 is 0. The highest BCUT2D eigenvalue weighted by Crippen LogP contribution is 2.12. The third-order valence-electron chi connectivity index (χ3n) is 2.61. The van der Waals surface area contributed by atoms with Gasteiger partial charge in [0, 0.05) is 5.56 Å². The maximum Gasteiger partial charge on any atom is 0.350 e. The van der Waals surface area contributed by atoms with Crippen LogP contribution in [0.15, 0.2) is 32.5 Å². The number of hydrogen-bond donors (Lipinski definition) is 3. The molecule has 2 rings (SSSR count). The summed E-state index contributed by atoms with van der Waals surface area (Å²) < 4.78 is 5.79. The minimum absolute atomic E-state index is 0.141. The number of nitrogens with zero attached hydrogens (tertiary/aromatic N) is 2. The fourth-order valence-electron chi connectivity index (χ4n) is 1.65. The summed E-state index contributed by atoms with van der Waals surface area (Å²) in [4.78, 5) is 45.9. The topological polar surface area (TPSA) is 166 Å². The molecule has 0 atom stereocenters. The van der Waals surface area contributed by atoms with Crippen molar-refractivity contribution in [2.24, 2.45) is 5.84 Å². The molecule has 0 saturated heterocycles. The lowest BCUT2D eigenvalue weighted by atomic mass is 10.2. The zero-order valence-electron chi connectivity index (χ0n) is 10.4. The quantitative estimate of drug-likeness (QED) is 0.272. The van der Waals surface area contributed by atoms with E-state index in [1.54, 1.807) is 0 Å². The molecule has 0 unspecified atom stereocenters. The van der Waals surface area contributed by atoms with Gasteiger partial charge in [0.05, 0.1) is 23.9 Å². The van der Waals surface area contributed by atoms with E-state index in [1.165, 1.54) is 12.3 Å². The number of furan rings is 1. The van der Waals surface area contributed by atoms with Crippen LogP contribution in [0.1, 0.15) is 16.1 Å². The number of nitro groups is 1. The Hall–Kier alpha value is -3.21. The first-order chi connectivity index (χ1) is 9.93. The number of nitrogens with two attached hydrogens (primary N) is 1. The van der Waals surface area contributed by atoms with Gasteiger partial charge in [-0.15, -0.1) is 0 Å². The highest BCUT2D eigenvalue weighted by molar-refractivity contribution is 5.92. The van der Waals surface area contributed by atoms with Crippen molar-refractivity contribution >= 4 is 11.6 Å². The van der Waals surface area contributed by atoms with Gasteiger partial charge in [-0.25, -0.2) is 10.6 Å². The molecular weight excluding hydrogens is 286 g/mol. The fraction of sp³-hybridized carbons (Fsp3) is 0.100. The van der Waals surface area contributed by atoms with Crippen molar-refractivity contribution < 1.29 is 14.1 Å². The van der Waals surface area contributed by atoms with E-state index >= 15 is 0 Å². The third-order valence-corrected chi connectivity index (χ3v) is 2.61. The Balaban J connectivity index is 2.46. The molecule has 110 valence electrons. The van der Waals surface area contributed by atoms with E-state index in [-0.39, 0.29) is 17.9 Å². The van der Waals surface area contributed by atoms with E-state index in [4.69, 9.17) is 10.3 Å². The monoisotopic (exact) mass is 295 g/mol. The summed E-state index contributed by atoms with van der Waals surface area (Å²) in [7, 11) is 0. The fourth-order valence-corrected chi connectivity index (χ4v) is 1.65. The van der Waals surface area contributed by atoms with Crippen LogP contribution in [-0.2, 0) is 6.54 Å². The Kier molecular flexibility index (Phi) is 3.67. The van der Waals surface area contributed by atoms with Crippen LogP contribution in [0.4, 0.5) is 5.69 Å². The van der Waals surface area contributed by atoms with Crippen LogP contribution in [0, 0.1) is 10.1 Å². The summed E-state index contributed by atoms with van der Waals surface area (Å²) in [5, 5.41) is 10.7. The van der Waals surface area contributed by atoms with E-state index in [9.17, 15) is 24.5 Å². The molecule has 4 N–H and O–H groups in total. The second-order valence-corrected chi connectivity index (χ2v) is 3.91. The van der Waals surface area contributed by atoms with Crippen LogP contribution in [0.2, 0.25) is 0 Å². The lowest BCUT2D eigenvalue weighted by molar-refractivity contribution is -0.386. The maximum atomic E-state index is 11.6. The van der Waals surface area contributed by atoms with Crippen LogP contribution < -0.4 is 22.5 Å². The first-order valence-corrected chi connectivity index (χ1v) is 5.49. The van der Waals surface area contributed by atoms with Gasteiger partial charge in [-0.2, -0.15) is 0 Å². The zero-order chi connectivity index (χ0) is 15.6. The van der Waals surface area contributed by atoms with E-state index in [0.717, 1.165) is 10.8 Å². The predicted octanol–water partition coefficient (Wildman–Crippen LogP) is -1.31. The van der Waals surface area contributed by atoms with Gasteiger partial charge in [0.15, 0.2) is 5.76 Å². The molecule has 0 radical (unpaired) electrons. The van der Waals surface area contributed by atoms with Crippen LogP contribution in [0.5, 0.6) is 0 Å². The molecule has 11 heteroatoms. The van der Waals surface area contributed by atoms with Crippen LogP contribution >= 0.6 is 0 Å². The van der Waals surface area contributed by atoms with Crippen molar-refractivity contribution in [3.05, 3.63) is 60.8 Å². The Morgan fingerprint density at radius 3 is 2.86 bits per heavy atom. The largest absolute Gasteiger partial charge is 0.459 e. The smallest absolute Gasteiger partial charge is 0.350 e. The molecule has 0 saturated carbocycles. The number of nitrogens with one attached hydrogen (secondary N) is 2. The second kappa shape index (κ2) is 5.42. The van der Waals surface area contributed by atoms with E-state index < -0.39 is 27.8 Å². The molecule has 0 aliphatic heterocycles. The second-order valence-electron chi connectivity index (χ2n) is 3.91. The van der Waals surface area contributed by atoms with Crippen molar-refractivity contribution in [3.8, 4) is 0 Å². The standard InChI is InChI=1S/C10H9N5O6/c11-13-9(17)7-5(1-2-21-7)3-14-4-6(15(19)20)8(16)12-10(14)18/h1-2,4H,3,11H2,(H,13,17)(H,12,16,18). The predicted molar refractivity (Wildman–Crippen MR) is 67.4 cm³/mol. The molecule has 2 aromatic rings. The van der Waals surface area contributed by atoms with Gasteiger partial charge in [-0.05, 0) is 6.07 Å². The third kappa shape index (κ3) is 2.71. The molecule has 0 bridgehead atoms. The Morgan fingerprint density at radius 1 is 1.52 bits per heavy atom. The summed E-state index contributed by atoms with van der Waals surface area (Å²) in [6.07, 6.45) is 1.99. The highest BCUT2D eigenvalue weighted by atomic mass is 16.6. The number of hydrazine groups is 1. The van der Waals surface area contributed by atoms with E-state index in [0.29, 0.717) is 0 Å². The Morgan fingerprint density at radius 2 is 2.24 bits per heavy atom. The number of H-pyrrole nitrogens is 1. The number of carbonyl (C=O) groups excluding carboxylic acids is 1. The summed E-state index contributed by atoms with van der Waals surface area (Å²) in [6.45, 7) is -0.213. The molecule has 0 aliphatic carbocycles. The van der Waals surface area contributed by atoms with Crippen molar-refractivity contribution in [2.75, 3.05) is 0 Å². The van der Waals surface area contributed by atoms with Crippen molar-refractivity contribution in [1.29, 1.82) is 0 Å². The van der Waals surface area contributed by atoms with Gasteiger partial charge in [0.2, 0.25) is 0 Å². The van der Waals surface area contributed by atoms with Gasteiger partial charge in [-0.3, -0.25) is 34.7 Å². The van der Waals surface area contributed by atoms with E-state index in [1.807, 2.05) is 10.4 Å². The number of aromatic amines is 1. The normalized spacial score (nSPS) is 10.3. The van der Waals surface area contributed by atoms with Gasteiger partial charge in [-0.1, -0.05) is 0 Å². The minimum atomic E-state index is -1.10. The van der Waals surface area contributed by atoms with Gasteiger partial charge >= 0.3 is 22.8 Å². The lowest BCUT2D eigenvalue weighted by Gasteiger charge is -2.04. The molecule has 2 aromatic heterocycles. The summed E-state index contributed by atoms with van der Waals surface area (Å²) in [6, 6.07) is 1.40. The highest BCUT2D eigenvalue weighted by Gasteiger charge is 2.18. The lowest BCUT2D eigenvalue weighted by Crippen LogP contribution is -2.33. The molecule has 0 fully saturated rings. The zero-order valence-corrected chi connectivity index (χ0v) is 10.4. The van der Waals surface area contributed by atoms with Gasteiger partial charge < -0.3 is 4.42 Å². The average Bonchev–Trinajstić information content (AvgIpc) is 2.88. The number of hydrogen-bond acceptors (Lipinski definition) is 7. The average molecular weight is 295 g/mol. The molecule has 2 heterocycles. The number of amides is 1. The Bertz CT molecular complexity index is 816. The van der Waals surface area contributed by atoms with Crippen LogP contribution in [-0.4, -0.2) is 20.4 Å². The van der Waals surface area contributed by atoms with Crippen molar-refractivity contribution in [1.82, 2.24) is 15.0 Å². The number of aromatic nitrogens is 2. The summed E-state index contributed by atoms with van der Waals surface area (Å²) in [5.41, 5.74) is -0.622. The van der Waals surface area contributed by atoms with Crippen LogP contribution in [0.3, 0.4) is 0 Å². The van der Waals surface area contributed by atoms with Crippen molar-refractivity contribution in [3.63, 3.8) is 0 Å². The SMILES string of the molecule is NNC(=O)c1occc1Cn1cc([N+](=O)[O-])c(=O)[nH]c1=O. The van der Waals surface area contributed by atoms with E-state index in [2.05, 4.69) is 0 Å². The number of nitrogen functional groups attached to an aromatic ring is 1. The Labute approximate surface area is 115 Å². The summed E-state index contributed by atoms with van der Waals surface area (Å²) in [5.74, 6) is 4.11. The molecule has 11 nitrogen and oxygen atoms in total. The minimum Gasteiger partial charge on any atom is -0.459 e. The molecule has 0 aromatic carbocycles. The van der Waals surface area contributed by atoms with Crippen molar-refractivity contribution in [2.45, 2.75) is 6.54 Å². The molecule has 21 heavy (non-hydrogen) atoms. The van der Waals surface area contributed by atoms with Gasteiger partial charge in [0.1, 0.15) is 0 Å². The number of rotatable bonds is 4. The number of carbonyl (C=O) groups is 1. The molecule has 0 spiro atoms. The molecular formula is C10H9N5O6. The molecule has 1 amide bonds. The maximum absolute atomic E-state index is 11.6.